The zero-order chi connectivity index (χ0) is 12.4. The van der Waals surface area contributed by atoms with Crippen molar-refractivity contribution in [2.45, 2.75) is 6.54 Å². The van der Waals surface area contributed by atoms with Crippen LogP contribution in [0.25, 0.3) is 28.1 Å². The molecule has 0 saturated heterocycles. The molecule has 0 spiro atoms. The SMILES string of the molecule is c1ccc2c(c1)C[n+]1cn3c(oc4ccccc43)c1-2. The molecule has 0 radical (unpaired) electrons. The Morgan fingerprint density at radius 2 is 1.84 bits per heavy atom. The Labute approximate surface area is 109 Å². The molecule has 0 amide bonds. The molecule has 2 aromatic heterocycles. The molecule has 1 aliphatic heterocycles. The fraction of sp³-hybridized carbons (Fsp3) is 0.0625. The molecule has 90 valence electrons. The molecule has 4 aromatic rings. The summed E-state index contributed by atoms with van der Waals surface area (Å²) >= 11 is 0. The molecule has 0 bridgehead atoms. The number of para-hydroxylation sites is 2. The van der Waals surface area contributed by atoms with Crippen molar-refractivity contribution < 1.29 is 8.98 Å². The minimum Gasteiger partial charge on any atom is -0.415 e. The van der Waals surface area contributed by atoms with Crippen molar-refractivity contribution in [3.8, 4) is 11.3 Å². The summed E-state index contributed by atoms with van der Waals surface area (Å²) in [5, 5.41) is 0. The maximum atomic E-state index is 6.03. The third-order valence-corrected chi connectivity index (χ3v) is 3.91. The van der Waals surface area contributed by atoms with Gasteiger partial charge in [-0.3, -0.25) is 0 Å². The van der Waals surface area contributed by atoms with Crippen molar-refractivity contribution in [3.63, 3.8) is 0 Å². The highest BCUT2D eigenvalue weighted by molar-refractivity contribution is 5.83. The van der Waals surface area contributed by atoms with E-state index in [4.69, 9.17) is 4.42 Å². The number of hydrogen-bond acceptors (Lipinski definition) is 1. The number of benzene rings is 2. The van der Waals surface area contributed by atoms with Gasteiger partial charge in [0, 0.05) is 11.1 Å². The Balaban J connectivity index is 1.97. The molecule has 0 saturated carbocycles. The second-order valence-electron chi connectivity index (χ2n) is 4.99. The molecule has 0 aliphatic carbocycles. The first-order valence-electron chi connectivity index (χ1n) is 6.42. The van der Waals surface area contributed by atoms with E-state index in [0.29, 0.717) is 0 Å². The lowest BCUT2D eigenvalue weighted by Gasteiger charge is -1.91. The first kappa shape index (κ1) is 9.39. The molecule has 19 heavy (non-hydrogen) atoms. The monoisotopic (exact) mass is 247 g/mol. The van der Waals surface area contributed by atoms with Crippen molar-refractivity contribution in [1.29, 1.82) is 0 Å². The molecule has 1 aliphatic rings. The summed E-state index contributed by atoms with van der Waals surface area (Å²) < 4.78 is 10.4. The van der Waals surface area contributed by atoms with Gasteiger partial charge in [0.1, 0.15) is 6.54 Å². The highest BCUT2D eigenvalue weighted by Crippen LogP contribution is 2.33. The second-order valence-corrected chi connectivity index (χ2v) is 4.99. The molecular weight excluding hydrogens is 236 g/mol. The molecule has 0 unspecified atom stereocenters. The van der Waals surface area contributed by atoms with Crippen LogP contribution in [-0.2, 0) is 6.54 Å². The van der Waals surface area contributed by atoms with Gasteiger partial charge in [0.05, 0.1) is 0 Å². The van der Waals surface area contributed by atoms with Gasteiger partial charge >= 0.3 is 5.71 Å². The Bertz CT molecular complexity index is 946. The average molecular weight is 247 g/mol. The quantitative estimate of drug-likeness (QED) is 0.385. The van der Waals surface area contributed by atoms with Crippen molar-refractivity contribution in [2.24, 2.45) is 0 Å². The molecule has 0 fully saturated rings. The summed E-state index contributed by atoms with van der Waals surface area (Å²) in [6.07, 6.45) is 2.14. The number of fused-ring (bicyclic) bond motifs is 7. The highest BCUT2D eigenvalue weighted by Gasteiger charge is 2.31. The van der Waals surface area contributed by atoms with E-state index in [1.165, 1.54) is 16.8 Å². The van der Waals surface area contributed by atoms with Crippen LogP contribution in [-0.4, -0.2) is 4.40 Å². The van der Waals surface area contributed by atoms with E-state index in [9.17, 15) is 0 Å². The van der Waals surface area contributed by atoms with E-state index < -0.39 is 0 Å². The first-order chi connectivity index (χ1) is 9.42. The summed E-state index contributed by atoms with van der Waals surface area (Å²) in [7, 11) is 0. The van der Waals surface area contributed by atoms with E-state index in [-0.39, 0.29) is 0 Å². The van der Waals surface area contributed by atoms with Gasteiger partial charge in [0.25, 0.3) is 6.33 Å². The molecule has 5 rings (SSSR count). The molecule has 0 N–H and O–H groups in total. The van der Waals surface area contributed by atoms with Gasteiger partial charge in [-0.05, 0) is 18.2 Å². The van der Waals surface area contributed by atoms with Crippen molar-refractivity contribution in [3.05, 3.63) is 60.4 Å². The number of nitrogens with zero attached hydrogens (tertiary/aromatic N) is 2. The van der Waals surface area contributed by atoms with Gasteiger partial charge in [0.2, 0.25) is 5.69 Å². The van der Waals surface area contributed by atoms with E-state index in [0.717, 1.165) is 23.4 Å². The highest BCUT2D eigenvalue weighted by atomic mass is 16.3. The predicted octanol–water partition coefficient (Wildman–Crippen LogP) is 3.00. The topological polar surface area (TPSA) is 21.4 Å². The van der Waals surface area contributed by atoms with Gasteiger partial charge in [-0.15, -0.1) is 0 Å². The third kappa shape index (κ3) is 1.06. The number of imidazole rings is 1. The zero-order valence-corrected chi connectivity index (χ0v) is 10.2. The number of rotatable bonds is 0. The molecule has 0 atom stereocenters. The zero-order valence-electron chi connectivity index (χ0n) is 10.2. The van der Waals surface area contributed by atoms with Crippen molar-refractivity contribution >= 4 is 16.8 Å². The van der Waals surface area contributed by atoms with Gasteiger partial charge in [-0.1, -0.05) is 30.3 Å². The minimum absolute atomic E-state index is 0.928. The van der Waals surface area contributed by atoms with Crippen LogP contribution in [0.3, 0.4) is 0 Å². The Hall–Kier alpha value is -2.55. The van der Waals surface area contributed by atoms with Crippen molar-refractivity contribution in [2.75, 3.05) is 0 Å². The van der Waals surface area contributed by atoms with Crippen LogP contribution in [0.5, 0.6) is 0 Å². The van der Waals surface area contributed by atoms with Crippen LogP contribution in [0.1, 0.15) is 5.56 Å². The normalized spacial score (nSPS) is 13.1. The molecular formula is C16H11N2O+. The maximum absolute atomic E-state index is 6.03. The lowest BCUT2D eigenvalue weighted by Crippen LogP contribution is -2.29. The first-order valence-corrected chi connectivity index (χ1v) is 6.42. The maximum Gasteiger partial charge on any atom is 0.344 e. The summed E-state index contributed by atoms with van der Waals surface area (Å²) in [5.74, 6) is 0. The van der Waals surface area contributed by atoms with Gasteiger partial charge in [0.15, 0.2) is 11.1 Å². The minimum atomic E-state index is 0.928. The number of oxazole rings is 1. The summed E-state index contributed by atoms with van der Waals surface area (Å²) in [4.78, 5) is 0. The van der Waals surface area contributed by atoms with Crippen LogP contribution >= 0.6 is 0 Å². The summed E-state index contributed by atoms with van der Waals surface area (Å²) in [5.41, 5.74) is 6.82. The fourth-order valence-corrected chi connectivity index (χ4v) is 3.06. The average Bonchev–Trinajstić information content (AvgIpc) is 3.05. The number of aromatic nitrogens is 2. The second kappa shape index (κ2) is 3.06. The molecule has 3 heteroatoms. The van der Waals surface area contributed by atoms with Crippen LogP contribution in [0.2, 0.25) is 0 Å². The lowest BCUT2D eigenvalue weighted by atomic mass is 10.1. The van der Waals surface area contributed by atoms with Gasteiger partial charge < -0.3 is 4.42 Å². The standard InChI is InChI=1S/C16H11N2O/c1-2-6-12-11(5-1)9-17-10-18-13-7-3-4-8-14(13)19-16(18)15(12)17/h1-8,10H,9H2/q+1. The van der Waals surface area contributed by atoms with E-state index >= 15 is 0 Å². The van der Waals surface area contributed by atoms with Crippen LogP contribution < -0.4 is 4.57 Å². The number of hydrogen-bond donors (Lipinski definition) is 0. The Morgan fingerprint density at radius 1 is 1.00 bits per heavy atom. The largest absolute Gasteiger partial charge is 0.415 e. The van der Waals surface area contributed by atoms with E-state index in [1.807, 2.05) is 18.2 Å². The molecule has 3 heterocycles. The summed E-state index contributed by atoms with van der Waals surface area (Å²) in [6.45, 7) is 0.928. The summed E-state index contributed by atoms with van der Waals surface area (Å²) in [6, 6.07) is 16.7. The van der Waals surface area contributed by atoms with Crippen LogP contribution in [0.15, 0.2) is 59.3 Å². The van der Waals surface area contributed by atoms with Gasteiger partial charge in [-0.2, -0.15) is 4.40 Å². The molecule has 2 aromatic carbocycles. The van der Waals surface area contributed by atoms with E-state index in [1.54, 1.807) is 0 Å². The smallest absolute Gasteiger partial charge is 0.344 e. The molecule has 3 nitrogen and oxygen atoms in total. The Kier molecular flexibility index (Phi) is 1.51. The predicted molar refractivity (Wildman–Crippen MR) is 71.9 cm³/mol. The lowest BCUT2D eigenvalue weighted by molar-refractivity contribution is -0.671. The van der Waals surface area contributed by atoms with Crippen LogP contribution in [0, 0.1) is 0 Å². The Morgan fingerprint density at radius 3 is 2.84 bits per heavy atom. The van der Waals surface area contributed by atoms with Crippen molar-refractivity contribution in [1.82, 2.24) is 4.40 Å². The van der Waals surface area contributed by atoms with Gasteiger partial charge in [-0.25, -0.2) is 4.57 Å². The van der Waals surface area contributed by atoms with E-state index in [2.05, 4.69) is 45.6 Å². The fourth-order valence-electron chi connectivity index (χ4n) is 3.06. The third-order valence-electron chi connectivity index (χ3n) is 3.91. The van der Waals surface area contributed by atoms with Crippen LogP contribution in [0.4, 0.5) is 0 Å².